The quantitative estimate of drug-likeness (QED) is 0.877. The molecule has 3 heteroatoms. The number of likely N-dealkylation sites (N-methyl/N-ethyl adjacent to an activating group) is 1. The minimum atomic E-state index is -0.162. The molecule has 2 bridgehead atoms. The summed E-state index contributed by atoms with van der Waals surface area (Å²) in [5, 5.41) is 10.3. The number of piperazine rings is 1. The standard InChI is InChI=1S/C16H24N2O/c1-17-11-14-8-5-9-16(19)15(17)12-18(14)10-13-6-3-2-4-7-13/h2-4,6-7,14-16,19H,5,8-12H2,1H3/t14-,15-,16+/m0/s1. The maximum atomic E-state index is 10.3. The van der Waals surface area contributed by atoms with E-state index in [2.05, 4.69) is 47.2 Å². The Morgan fingerprint density at radius 1 is 1.16 bits per heavy atom. The number of hydrogen-bond donors (Lipinski definition) is 1. The van der Waals surface area contributed by atoms with E-state index < -0.39 is 0 Å². The number of aliphatic hydroxyl groups excluding tert-OH is 1. The van der Waals surface area contributed by atoms with Crippen LogP contribution in [0.5, 0.6) is 0 Å². The van der Waals surface area contributed by atoms with Crippen molar-refractivity contribution < 1.29 is 5.11 Å². The highest BCUT2D eigenvalue weighted by atomic mass is 16.3. The summed E-state index contributed by atoms with van der Waals surface area (Å²) in [5.74, 6) is 0. The Hall–Kier alpha value is -0.900. The van der Waals surface area contributed by atoms with Gasteiger partial charge in [-0.25, -0.2) is 0 Å². The maximum Gasteiger partial charge on any atom is 0.0707 e. The Morgan fingerprint density at radius 2 is 1.95 bits per heavy atom. The van der Waals surface area contributed by atoms with E-state index >= 15 is 0 Å². The van der Waals surface area contributed by atoms with Gasteiger partial charge in [-0.2, -0.15) is 0 Å². The van der Waals surface area contributed by atoms with Crippen LogP contribution >= 0.6 is 0 Å². The van der Waals surface area contributed by atoms with Crippen molar-refractivity contribution in [3.63, 3.8) is 0 Å². The molecule has 0 radical (unpaired) electrons. The van der Waals surface area contributed by atoms with Gasteiger partial charge in [-0.1, -0.05) is 30.3 Å². The minimum absolute atomic E-state index is 0.162. The number of fused-ring (bicyclic) bond motifs is 5. The first-order chi connectivity index (χ1) is 9.24. The van der Waals surface area contributed by atoms with Gasteiger partial charge in [0.2, 0.25) is 0 Å². The van der Waals surface area contributed by atoms with Crippen molar-refractivity contribution in [2.45, 2.75) is 44.0 Å². The largest absolute Gasteiger partial charge is 0.391 e. The number of benzene rings is 1. The number of nitrogens with zero attached hydrogens (tertiary/aromatic N) is 2. The first kappa shape index (κ1) is 13.1. The lowest BCUT2D eigenvalue weighted by atomic mass is 9.91. The maximum absolute atomic E-state index is 10.3. The summed E-state index contributed by atoms with van der Waals surface area (Å²) in [6, 6.07) is 11.6. The fourth-order valence-electron chi connectivity index (χ4n) is 3.57. The Balaban J connectivity index is 1.75. The molecule has 3 nitrogen and oxygen atoms in total. The van der Waals surface area contributed by atoms with E-state index in [-0.39, 0.29) is 6.10 Å². The van der Waals surface area contributed by atoms with Gasteiger partial charge in [-0.15, -0.1) is 0 Å². The van der Waals surface area contributed by atoms with E-state index in [1.165, 1.54) is 12.0 Å². The lowest BCUT2D eigenvalue weighted by Crippen LogP contribution is -2.61. The van der Waals surface area contributed by atoms with Crippen LogP contribution in [0.1, 0.15) is 24.8 Å². The summed E-state index contributed by atoms with van der Waals surface area (Å²) in [7, 11) is 2.16. The molecule has 1 N–H and O–H groups in total. The summed E-state index contributed by atoms with van der Waals surface area (Å²) in [6.45, 7) is 3.11. The van der Waals surface area contributed by atoms with E-state index in [0.717, 1.165) is 32.5 Å². The molecule has 3 aliphatic heterocycles. The molecular weight excluding hydrogens is 236 g/mol. The third kappa shape index (κ3) is 2.83. The highest BCUT2D eigenvalue weighted by Gasteiger charge is 2.37. The van der Waals surface area contributed by atoms with Crippen LogP contribution in [0.4, 0.5) is 0 Å². The van der Waals surface area contributed by atoms with Gasteiger partial charge in [-0.3, -0.25) is 9.80 Å². The average molecular weight is 260 g/mol. The fraction of sp³-hybridized carbons (Fsp3) is 0.625. The van der Waals surface area contributed by atoms with E-state index in [9.17, 15) is 5.11 Å². The van der Waals surface area contributed by atoms with Gasteiger partial charge in [0.1, 0.15) is 0 Å². The highest BCUT2D eigenvalue weighted by molar-refractivity contribution is 5.15. The topological polar surface area (TPSA) is 26.7 Å². The van der Waals surface area contributed by atoms with Crippen LogP contribution in [0.3, 0.4) is 0 Å². The highest BCUT2D eigenvalue weighted by Crippen LogP contribution is 2.27. The smallest absolute Gasteiger partial charge is 0.0707 e. The molecule has 1 aromatic carbocycles. The summed E-state index contributed by atoms with van der Waals surface area (Å²) >= 11 is 0. The number of hydrogen-bond acceptors (Lipinski definition) is 3. The molecule has 4 rings (SSSR count). The van der Waals surface area contributed by atoms with Gasteiger partial charge < -0.3 is 5.11 Å². The van der Waals surface area contributed by atoms with Crippen molar-refractivity contribution in [2.75, 3.05) is 20.1 Å². The number of aliphatic hydroxyl groups is 1. The average Bonchev–Trinajstić information content (AvgIpc) is 2.40. The molecule has 0 saturated carbocycles. The van der Waals surface area contributed by atoms with Crippen molar-refractivity contribution in [1.29, 1.82) is 0 Å². The fourth-order valence-corrected chi connectivity index (χ4v) is 3.57. The third-order valence-electron chi connectivity index (χ3n) is 4.71. The van der Waals surface area contributed by atoms with Gasteiger partial charge in [0.05, 0.1) is 6.10 Å². The molecule has 0 aromatic heterocycles. The Labute approximate surface area is 115 Å². The Kier molecular flexibility index (Phi) is 3.87. The zero-order chi connectivity index (χ0) is 13.2. The molecule has 0 amide bonds. The predicted molar refractivity (Wildman–Crippen MR) is 76.9 cm³/mol. The molecule has 3 heterocycles. The van der Waals surface area contributed by atoms with Gasteiger partial charge in [0.15, 0.2) is 0 Å². The van der Waals surface area contributed by atoms with Crippen LogP contribution < -0.4 is 0 Å². The van der Waals surface area contributed by atoms with Gasteiger partial charge in [0, 0.05) is 31.7 Å². The Bertz CT molecular complexity index is 404. The summed E-state index contributed by atoms with van der Waals surface area (Å²) in [4.78, 5) is 4.93. The third-order valence-corrected chi connectivity index (χ3v) is 4.71. The second-order valence-corrected chi connectivity index (χ2v) is 6.07. The van der Waals surface area contributed by atoms with Crippen molar-refractivity contribution >= 4 is 0 Å². The van der Waals surface area contributed by atoms with Crippen LogP contribution in [0, 0.1) is 0 Å². The molecule has 19 heavy (non-hydrogen) atoms. The van der Waals surface area contributed by atoms with Crippen molar-refractivity contribution in [3.8, 4) is 0 Å². The second kappa shape index (κ2) is 5.61. The summed E-state index contributed by atoms with van der Waals surface area (Å²) < 4.78 is 0. The van der Waals surface area contributed by atoms with Crippen molar-refractivity contribution in [2.24, 2.45) is 0 Å². The molecule has 0 spiro atoms. The first-order valence-corrected chi connectivity index (χ1v) is 7.40. The molecule has 3 atom stereocenters. The molecule has 3 fully saturated rings. The molecule has 1 aromatic rings. The van der Waals surface area contributed by atoms with E-state index in [0.29, 0.717) is 12.1 Å². The Morgan fingerprint density at radius 3 is 2.74 bits per heavy atom. The normalized spacial score (nSPS) is 33.1. The summed E-state index contributed by atoms with van der Waals surface area (Å²) in [5.41, 5.74) is 1.38. The molecule has 0 unspecified atom stereocenters. The van der Waals surface area contributed by atoms with E-state index in [4.69, 9.17) is 0 Å². The van der Waals surface area contributed by atoms with Gasteiger partial charge >= 0.3 is 0 Å². The van der Waals surface area contributed by atoms with Gasteiger partial charge in [0.25, 0.3) is 0 Å². The summed E-state index contributed by atoms with van der Waals surface area (Å²) in [6.07, 6.45) is 3.16. The second-order valence-electron chi connectivity index (χ2n) is 6.07. The predicted octanol–water partition coefficient (Wildman–Crippen LogP) is 1.72. The molecular formula is C16H24N2O. The minimum Gasteiger partial charge on any atom is -0.391 e. The van der Waals surface area contributed by atoms with Gasteiger partial charge in [-0.05, 0) is 31.9 Å². The SMILES string of the molecule is CN1C[C@@H]2CCC[C@@H](O)[C@@H]1CN2Cc1ccccc1. The van der Waals surface area contributed by atoms with Crippen LogP contribution in [0.2, 0.25) is 0 Å². The molecule has 0 aliphatic carbocycles. The van der Waals surface area contributed by atoms with Crippen molar-refractivity contribution in [1.82, 2.24) is 9.80 Å². The monoisotopic (exact) mass is 260 g/mol. The zero-order valence-corrected chi connectivity index (χ0v) is 11.7. The lowest BCUT2D eigenvalue weighted by molar-refractivity contribution is -0.0438. The molecule has 3 aliphatic rings. The number of rotatable bonds is 2. The van der Waals surface area contributed by atoms with Crippen LogP contribution in [-0.4, -0.2) is 53.2 Å². The lowest BCUT2D eigenvalue weighted by Gasteiger charge is -2.48. The van der Waals surface area contributed by atoms with Crippen LogP contribution in [0.25, 0.3) is 0 Å². The van der Waals surface area contributed by atoms with Crippen molar-refractivity contribution in [3.05, 3.63) is 35.9 Å². The molecule has 3 saturated heterocycles. The first-order valence-electron chi connectivity index (χ1n) is 7.40. The molecule has 104 valence electrons. The van der Waals surface area contributed by atoms with E-state index in [1.54, 1.807) is 0 Å². The van der Waals surface area contributed by atoms with Crippen LogP contribution in [-0.2, 0) is 6.54 Å². The van der Waals surface area contributed by atoms with Crippen LogP contribution in [0.15, 0.2) is 30.3 Å². The zero-order valence-electron chi connectivity index (χ0n) is 11.7. The van der Waals surface area contributed by atoms with E-state index in [1.807, 2.05) is 0 Å².